The maximum absolute atomic E-state index is 5.96. The lowest BCUT2D eigenvalue weighted by molar-refractivity contribution is 0.0992. The van der Waals surface area contributed by atoms with E-state index in [4.69, 9.17) is 9.47 Å². The molecule has 3 aliphatic heterocycles. The Balaban J connectivity index is 0.00000225. The zero-order valence-corrected chi connectivity index (χ0v) is 19.2. The summed E-state index contributed by atoms with van der Waals surface area (Å²) in [4.78, 5) is 7.03. The van der Waals surface area contributed by atoms with Gasteiger partial charge in [-0.15, -0.1) is 24.0 Å². The van der Waals surface area contributed by atoms with Crippen molar-refractivity contribution in [3.05, 3.63) is 29.8 Å². The third-order valence-electron chi connectivity index (χ3n) is 6.20. The average Bonchev–Trinajstić information content (AvgIpc) is 3.46. The molecule has 2 N–H and O–H groups in total. The number of halogens is 1. The second-order valence-corrected chi connectivity index (χ2v) is 7.85. The average molecular weight is 500 g/mol. The van der Waals surface area contributed by atoms with Crippen LogP contribution in [0.4, 0.5) is 0 Å². The van der Waals surface area contributed by atoms with E-state index >= 15 is 0 Å². The van der Waals surface area contributed by atoms with Crippen molar-refractivity contribution in [2.45, 2.75) is 56.4 Å². The number of nitrogens with one attached hydrogen (secondary N) is 2. The first-order chi connectivity index (χ1) is 13.3. The first-order valence-corrected chi connectivity index (χ1v) is 10.3. The van der Waals surface area contributed by atoms with Gasteiger partial charge in [-0.25, -0.2) is 0 Å². The maximum Gasteiger partial charge on any atom is 0.191 e. The molecule has 3 heterocycles. The van der Waals surface area contributed by atoms with Gasteiger partial charge in [-0.05, 0) is 62.9 Å². The summed E-state index contributed by atoms with van der Waals surface area (Å²) in [6.45, 7) is 3.16. The van der Waals surface area contributed by atoms with E-state index in [1.807, 2.05) is 7.05 Å². The molecule has 0 spiro atoms. The number of aliphatic imine (C=N–C) groups is 1. The van der Waals surface area contributed by atoms with E-state index in [1.54, 1.807) is 7.11 Å². The maximum atomic E-state index is 5.96. The number of likely N-dealkylation sites (tertiary alicyclic amines) is 1. The van der Waals surface area contributed by atoms with Crippen LogP contribution >= 0.6 is 24.0 Å². The molecular formula is C21H33IN4O2. The number of ether oxygens (including phenoxy) is 2. The van der Waals surface area contributed by atoms with E-state index in [1.165, 1.54) is 31.2 Å². The van der Waals surface area contributed by atoms with Gasteiger partial charge in [0.25, 0.3) is 0 Å². The molecule has 0 aromatic heterocycles. The highest BCUT2D eigenvalue weighted by atomic mass is 127. The van der Waals surface area contributed by atoms with E-state index in [2.05, 4.69) is 44.8 Å². The van der Waals surface area contributed by atoms with Crippen LogP contribution in [0.5, 0.6) is 5.75 Å². The molecule has 2 bridgehead atoms. The lowest BCUT2D eigenvalue weighted by Gasteiger charge is -2.30. The van der Waals surface area contributed by atoms with Crippen LogP contribution in [0, 0.1) is 0 Å². The highest BCUT2D eigenvalue weighted by molar-refractivity contribution is 14.0. The summed E-state index contributed by atoms with van der Waals surface area (Å²) < 4.78 is 11.3. The Morgan fingerprint density at radius 1 is 1.25 bits per heavy atom. The normalized spacial score (nSPS) is 28.1. The molecule has 6 nitrogen and oxygen atoms in total. The summed E-state index contributed by atoms with van der Waals surface area (Å²) in [6, 6.07) is 9.21. The smallest absolute Gasteiger partial charge is 0.191 e. The summed E-state index contributed by atoms with van der Waals surface area (Å²) in [6.07, 6.45) is 6.83. The first-order valence-electron chi connectivity index (χ1n) is 10.3. The quantitative estimate of drug-likeness (QED) is 0.358. The van der Waals surface area contributed by atoms with Gasteiger partial charge in [0.15, 0.2) is 5.96 Å². The predicted molar refractivity (Wildman–Crippen MR) is 123 cm³/mol. The zero-order valence-electron chi connectivity index (χ0n) is 16.9. The van der Waals surface area contributed by atoms with Crippen molar-refractivity contribution < 1.29 is 9.47 Å². The van der Waals surface area contributed by atoms with Gasteiger partial charge >= 0.3 is 0 Å². The summed E-state index contributed by atoms with van der Waals surface area (Å²) in [5, 5.41) is 7.16. The van der Waals surface area contributed by atoms with Crippen molar-refractivity contribution >= 4 is 29.9 Å². The molecule has 0 aliphatic carbocycles. The second-order valence-electron chi connectivity index (χ2n) is 7.85. The van der Waals surface area contributed by atoms with Crippen LogP contribution < -0.4 is 15.4 Å². The number of hydrogen-bond acceptors (Lipinski definition) is 4. The molecule has 0 radical (unpaired) electrons. The Kier molecular flexibility index (Phi) is 7.82. The fourth-order valence-electron chi connectivity index (χ4n) is 4.69. The first kappa shape index (κ1) is 21.6. The number of guanidine groups is 1. The molecule has 4 rings (SSSR count). The number of hydrogen-bond donors (Lipinski definition) is 2. The van der Waals surface area contributed by atoms with Gasteiger partial charge in [0.1, 0.15) is 5.75 Å². The minimum atomic E-state index is 0. The molecular weight excluding hydrogens is 467 g/mol. The zero-order chi connectivity index (χ0) is 18.6. The number of methoxy groups -OCH3 is 1. The van der Waals surface area contributed by atoms with Crippen LogP contribution in [0.1, 0.15) is 43.7 Å². The Morgan fingerprint density at radius 3 is 2.57 bits per heavy atom. The molecule has 0 saturated carbocycles. The minimum Gasteiger partial charge on any atom is -0.497 e. The van der Waals surface area contributed by atoms with E-state index < -0.39 is 0 Å². The monoisotopic (exact) mass is 500 g/mol. The third-order valence-corrected chi connectivity index (χ3v) is 6.20. The molecule has 3 aliphatic rings. The molecule has 3 fully saturated rings. The number of benzene rings is 1. The summed E-state index contributed by atoms with van der Waals surface area (Å²) in [7, 11) is 3.56. The fourth-order valence-corrected chi connectivity index (χ4v) is 4.69. The van der Waals surface area contributed by atoms with Gasteiger partial charge in [0, 0.05) is 13.6 Å². The summed E-state index contributed by atoms with van der Waals surface area (Å²) in [5.74, 6) is 1.79. The van der Waals surface area contributed by atoms with Crippen molar-refractivity contribution in [2.75, 3.05) is 33.8 Å². The molecule has 4 atom stereocenters. The third kappa shape index (κ3) is 4.91. The number of fused-ring (bicyclic) bond motifs is 2. The predicted octanol–water partition coefficient (Wildman–Crippen LogP) is 2.94. The molecule has 1 aromatic rings. The Morgan fingerprint density at radius 2 is 2.00 bits per heavy atom. The van der Waals surface area contributed by atoms with Crippen LogP contribution in [0.3, 0.4) is 0 Å². The van der Waals surface area contributed by atoms with Gasteiger partial charge in [-0.1, -0.05) is 12.1 Å². The van der Waals surface area contributed by atoms with Crippen molar-refractivity contribution in [3.63, 3.8) is 0 Å². The van der Waals surface area contributed by atoms with Crippen molar-refractivity contribution in [2.24, 2.45) is 4.99 Å². The fraction of sp³-hybridized carbons (Fsp3) is 0.667. The van der Waals surface area contributed by atoms with Crippen LogP contribution in [0.2, 0.25) is 0 Å². The Hall–Kier alpha value is -1.06. The lowest BCUT2D eigenvalue weighted by atomic mass is 9.96. The minimum absolute atomic E-state index is 0. The van der Waals surface area contributed by atoms with Crippen LogP contribution in [0.15, 0.2) is 29.3 Å². The Labute approximate surface area is 185 Å². The molecule has 28 heavy (non-hydrogen) atoms. The highest BCUT2D eigenvalue weighted by Gasteiger charge is 2.41. The molecule has 1 aromatic carbocycles. The topological polar surface area (TPSA) is 58.1 Å². The van der Waals surface area contributed by atoms with Gasteiger partial charge < -0.3 is 20.1 Å². The summed E-state index contributed by atoms with van der Waals surface area (Å²) in [5.41, 5.74) is 1.32. The SMILES string of the molecule is CN=C(NCC(c1ccc(OC)cc1)N1CCCC1)NC1CC2CCC1O2.I. The highest BCUT2D eigenvalue weighted by Crippen LogP contribution is 2.34. The van der Waals surface area contributed by atoms with E-state index in [-0.39, 0.29) is 24.0 Å². The number of nitrogens with zero attached hydrogens (tertiary/aromatic N) is 2. The molecule has 0 amide bonds. The molecule has 7 heteroatoms. The van der Waals surface area contributed by atoms with Crippen LogP contribution in [-0.2, 0) is 4.74 Å². The van der Waals surface area contributed by atoms with Crippen molar-refractivity contribution in [1.82, 2.24) is 15.5 Å². The molecule has 4 unspecified atom stereocenters. The standard InChI is InChI=1S/C21H32N4O2.HI/c1-22-21(24-18-13-17-9-10-20(18)27-17)23-14-19(25-11-3-4-12-25)15-5-7-16(26-2)8-6-15;/h5-8,17-20H,3-4,9-14H2,1-2H3,(H2,22,23,24);1H. The summed E-state index contributed by atoms with van der Waals surface area (Å²) >= 11 is 0. The largest absolute Gasteiger partial charge is 0.497 e. The van der Waals surface area contributed by atoms with E-state index in [9.17, 15) is 0 Å². The van der Waals surface area contributed by atoms with Gasteiger partial charge in [-0.3, -0.25) is 9.89 Å². The van der Waals surface area contributed by atoms with Crippen molar-refractivity contribution in [1.29, 1.82) is 0 Å². The van der Waals surface area contributed by atoms with E-state index in [0.29, 0.717) is 24.3 Å². The van der Waals surface area contributed by atoms with Gasteiger partial charge in [0.2, 0.25) is 0 Å². The second kappa shape index (κ2) is 10.1. The Bertz CT molecular complexity index is 648. The molecule has 156 valence electrons. The van der Waals surface area contributed by atoms with Gasteiger partial charge in [-0.2, -0.15) is 0 Å². The van der Waals surface area contributed by atoms with Gasteiger partial charge in [0.05, 0.1) is 31.4 Å². The van der Waals surface area contributed by atoms with E-state index in [0.717, 1.165) is 37.8 Å². The van der Waals surface area contributed by atoms with Crippen LogP contribution in [-0.4, -0.2) is 62.9 Å². The van der Waals surface area contributed by atoms with Crippen LogP contribution in [0.25, 0.3) is 0 Å². The van der Waals surface area contributed by atoms with Crippen molar-refractivity contribution in [3.8, 4) is 5.75 Å². The molecule has 3 saturated heterocycles. The lowest BCUT2D eigenvalue weighted by Crippen LogP contribution is -2.49. The number of rotatable bonds is 6.